The number of ether oxygens (including phenoxy) is 1. The van der Waals surface area contributed by atoms with Crippen molar-refractivity contribution >= 4 is 5.97 Å². The summed E-state index contributed by atoms with van der Waals surface area (Å²) in [5, 5.41) is 8.68. The maximum absolute atomic E-state index is 12.3. The maximum Gasteiger partial charge on any atom is 0.416 e. The third kappa shape index (κ3) is 3.47. The highest BCUT2D eigenvalue weighted by Crippen LogP contribution is 2.32. The molecule has 104 valence electrons. The number of hydrogen-bond donors (Lipinski definition) is 1. The summed E-state index contributed by atoms with van der Waals surface area (Å²) in [7, 11) is 0. The van der Waals surface area contributed by atoms with E-state index in [4.69, 9.17) is 9.84 Å². The molecule has 1 aliphatic rings. The smallest absolute Gasteiger partial charge is 0.416 e. The average molecular weight is 274 g/mol. The van der Waals surface area contributed by atoms with Crippen molar-refractivity contribution in [3.8, 4) is 0 Å². The molecule has 0 heterocycles. The SMILES string of the molecule is O=C(O)[C@H]1C[C@H](OCc2ccc(C(F)(F)F)cc2)C1. The molecule has 1 aromatic rings. The zero-order valence-electron chi connectivity index (χ0n) is 9.98. The van der Waals surface area contributed by atoms with Gasteiger partial charge in [-0.2, -0.15) is 13.2 Å². The van der Waals surface area contributed by atoms with E-state index in [1.807, 2.05) is 0 Å². The lowest BCUT2D eigenvalue weighted by atomic mass is 9.82. The molecule has 0 aromatic heterocycles. The second kappa shape index (κ2) is 5.21. The van der Waals surface area contributed by atoms with E-state index in [9.17, 15) is 18.0 Å². The van der Waals surface area contributed by atoms with Crippen molar-refractivity contribution in [1.82, 2.24) is 0 Å². The first-order valence-electron chi connectivity index (χ1n) is 5.87. The molecule has 1 fully saturated rings. The molecule has 0 saturated heterocycles. The average Bonchev–Trinajstić information content (AvgIpc) is 2.25. The predicted octanol–water partition coefficient (Wildman–Crippen LogP) is 3.09. The normalized spacial score (nSPS) is 22.9. The lowest BCUT2D eigenvalue weighted by molar-refractivity contribution is -0.151. The molecule has 0 radical (unpaired) electrons. The Bertz CT molecular complexity index is 447. The number of rotatable bonds is 4. The van der Waals surface area contributed by atoms with Crippen molar-refractivity contribution in [3.63, 3.8) is 0 Å². The number of carbonyl (C=O) groups is 1. The van der Waals surface area contributed by atoms with Crippen LogP contribution in [0.2, 0.25) is 0 Å². The van der Waals surface area contributed by atoms with E-state index < -0.39 is 17.7 Å². The molecule has 1 aliphatic carbocycles. The van der Waals surface area contributed by atoms with E-state index in [-0.39, 0.29) is 18.6 Å². The molecule has 0 aliphatic heterocycles. The number of carboxylic acid groups (broad SMARTS) is 1. The molecule has 0 spiro atoms. The topological polar surface area (TPSA) is 46.5 Å². The third-order valence-corrected chi connectivity index (χ3v) is 3.21. The number of benzene rings is 1. The summed E-state index contributed by atoms with van der Waals surface area (Å²) in [5.41, 5.74) is -0.0439. The number of hydrogen-bond acceptors (Lipinski definition) is 2. The molecular weight excluding hydrogens is 261 g/mol. The Labute approximate surface area is 108 Å². The van der Waals surface area contributed by atoms with E-state index in [0.29, 0.717) is 18.4 Å². The zero-order valence-corrected chi connectivity index (χ0v) is 9.98. The number of carboxylic acids is 1. The Morgan fingerprint density at radius 3 is 2.32 bits per heavy atom. The highest BCUT2D eigenvalue weighted by Gasteiger charge is 2.35. The fourth-order valence-corrected chi connectivity index (χ4v) is 1.91. The third-order valence-electron chi connectivity index (χ3n) is 3.21. The van der Waals surface area contributed by atoms with Gasteiger partial charge in [0.15, 0.2) is 0 Å². The lowest BCUT2D eigenvalue weighted by Gasteiger charge is -2.32. The van der Waals surface area contributed by atoms with Crippen LogP contribution in [0.5, 0.6) is 0 Å². The van der Waals surface area contributed by atoms with Crippen LogP contribution in [0.1, 0.15) is 24.0 Å². The zero-order chi connectivity index (χ0) is 14.0. The number of aliphatic carboxylic acids is 1. The van der Waals surface area contributed by atoms with Crippen molar-refractivity contribution < 1.29 is 27.8 Å². The fourth-order valence-electron chi connectivity index (χ4n) is 1.91. The molecule has 0 bridgehead atoms. The van der Waals surface area contributed by atoms with Crippen molar-refractivity contribution in [1.29, 1.82) is 0 Å². The Balaban J connectivity index is 1.80. The Hall–Kier alpha value is -1.56. The molecule has 0 atom stereocenters. The van der Waals surface area contributed by atoms with Crippen LogP contribution in [0, 0.1) is 5.92 Å². The van der Waals surface area contributed by atoms with E-state index in [2.05, 4.69) is 0 Å². The second-order valence-corrected chi connectivity index (χ2v) is 4.63. The van der Waals surface area contributed by atoms with E-state index in [1.54, 1.807) is 0 Å². The fraction of sp³-hybridized carbons (Fsp3) is 0.462. The van der Waals surface area contributed by atoms with Gasteiger partial charge in [-0.3, -0.25) is 4.79 Å². The van der Waals surface area contributed by atoms with Crippen molar-refractivity contribution in [2.75, 3.05) is 0 Å². The monoisotopic (exact) mass is 274 g/mol. The largest absolute Gasteiger partial charge is 0.481 e. The van der Waals surface area contributed by atoms with Crippen LogP contribution in [0.3, 0.4) is 0 Å². The summed E-state index contributed by atoms with van der Waals surface area (Å²) < 4.78 is 42.4. The van der Waals surface area contributed by atoms with Gasteiger partial charge in [-0.15, -0.1) is 0 Å². The molecule has 0 unspecified atom stereocenters. The first kappa shape index (κ1) is 13.9. The van der Waals surface area contributed by atoms with Gasteiger partial charge in [0.25, 0.3) is 0 Å². The van der Waals surface area contributed by atoms with Gasteiger partial charge in [0.2, 0.25) is 0 Å². The molecule has 2 rings (SSSR count). The second-order valence-electron chi connectivity index (χ2n) is 4.63. The van der Waals surface area contributed by atoms with Gasteiger partial charge in [0.05, 0.1) is 24.2 Å². The predicted molar refractivity (Wildman–Crippen MR) is 60.4 cm³/mol. The van der Waals surface area contributed by atoms with E-state index in [0.717, 1.165) is 12.1 Å². The Kier molecular flexibility index (Phi) is 3.80. The van der Waals surface area contributed by atoms with E-state index >= 15 is 0 Å². The van der Waals surface area contributed by atoms with Gasteiger partial charge in [0, 0.05) is 0 Å². The minimum absolute atomic E-state index is 0.108. The molecule has 1 saturated carbocycles. The molecule has 19 heavy (non-hydrogen) atoms. The van der Waals surface area contributed by atoms with Crippen LogP contribution in [0.25, 0.3) is 0 Å². The summed E-state index contributed by atoms with van der Waals surface area (Å²) in [6.45, 7) is 0.204. The van der Waals surface area contributed by atoms with Crippen LogP contribution in [0.4, 0.5) is 13.2 Å². The van der Waals surface area contributed by atoms with Crippen molar-refractivity contribution in [2.24, 2.45) is 5.92 Å². The molecule has 1 N–H and O–H groups in total. The van der Waals surface area contributed by atoms with Gasteiger partial charge in [-0.25, -0.2) is 0 Å². The quantitative estimate of drug-likeness (QED) is 0.917. The lowest BCUT2D eigenvalue weighted by Crippen LogP contribution is -2.36. The summed E-state index contributed by atoms with van der Waals surface area (Å²) in [4.78, 5) is 10.6. The van der Waals surface area contributed by atoms with Crippen LogP contribution < -0.4 is 0 Å². The first-order valence-corrected chi connectivity index (χ1v) is 5.87. The van der Waals surface area contributed by atoms with Gasteiger partial charge in [-0.05, 0) is 30.5 Å². The minimum Gasteiger partial charge on any atom is -0.481 e. The first-order chi connectivity index (χ1) is 8.86. The van der Waals surface area contributed by atoms with Crippen LogP contribution in [0.15, 0.2) is 24.3 Å². The van der Waals surface area contributed by atoms with Gasteiger partial charge < -0.3 is 9.84 Å². The van der Waals surface area contributed by atoms with Crippen molar-refractivity contribution in [3.05, 3.63) is 35.4 Å². The maximum atomic E-state index is 12.3. The minimum atomic E-state index is -4.33. The van der Waals surface area contributed by atoms with E-state index in [1.165, 1.54) is 12.1 Å². The molecule has 6 heteroatoms. The molecular formula is C13H13F3O3. The van der Waals surface area contributed by atoms with Crippen LogP contribution in [-0.4, -0.2) is 17.2 Å². The van der Waals surface area contributed by atoms with Gasteiger partial charge in [0.1, 0.15) is 0 Å². The molecule has 0 amide bonds. The van der Waals surface area contributed by atoms with Crippen LogP contribution in [-0.2, 0) is 22.3 Å². The summed E-state index contributed by atoms with van der Waals surface area (Å²) >= 11 is 0. The standard InChI is InChI=1S/C13H13F3O3/c14-13(15,16)10-3-1-8(2-4-10)7-19-11-5-9(6-11)12(17)18/h1-4,9,11H,5-7H2,(H,17,18)/t9-,11-. The van der Waals surface area contributed by atoms with Crippen molar-refractivity contribution in [2.45, 2.75) is 31.7 Å². The summed E-state index contributed by atoms with van der Waals surface area (Å²) in [5.74, 6) is -1.17. The Morgan fingerprint density at radius 2 is 1.84 bits per heavy atom. The van der Waals surface area contributed by atoms with Gasteiger partial charge >= 0.3 is 12.1 Å². The van der Waals surface area contributed by atoms with Crippen LogP contribution >= 0.6 is 0 Å². The van der Waals surface area contributed by atoms with Gasteiger partial charge in [-0.1, -0.05) is 12.1 Å². The Morgan fingerprint density at radius 1 is 1.26 bits per heavy atom. The number of halogens is 3. The summed E-state index contributed by atoms with van der Waals surface area (Å²) in [6, 6.07) is 4.77. The highest BCUT2D eigenvalue weighted by atomic mass is 19.4. The molecule has 3 nitrogen and oxygen atoms in total. The summed E-state index contributed by atoms with van der Waals surface area (Å²) in [6.07, 6.45) is -3.50. The number of alkyl halides is 3. The highest BCUT2D eigenvalue weighted by molar-refractivity contribution is 5.71. The molecule has 1 aromatic carbocycles.